The van der Waals surface area contributed by atoms with Gasteiger partial charge in [-0.2, -0.15) is 0 Å². The first-order valence-electron chi connectivity index (χ1n) is 9.44. The van der Waals surface area contributed by atoms with Crippen LogP contribution in [0.4, 0.5) is 5.69 Å². The zero-order valence-corrected chi connectivity index (χ0v) is 17.3. The van der Waals surface area contributed by atoms with Gasteiger partial charge in [-0.15, -0.1) is 11.3 Å². The quantitative estimate of drug-likeness (QED) is 0.644. The molecule has 0 unspecified atom stereocenters. The maximum atomic E-state index is 12.9. The number of nitrogens with zero attached hydrogens (tertiary/aromatic N) is 2. The minimum absolute atomic E-state index is 0.0323. The normalized spacial score (nSPS) is 16.8. The third-order valence-corrected chi connectivity index (χ3v) is 6.43. The summed E-state index contributed by atoms with van der Waals surface area (Å²) < 4.78 is 0. The minimum atomic E-state index is -0.0323. The average molecular weight is 412 g/mol. The Morgan fingerprint density at radius 2 is 1.93 bits per heavy atom. The lowest BCUT2D eigenvalue weighted by Crippen LogP contribution is -2.47. The Labute approximate surface area is 174 Å². The number of halogens is 1. The van der Waals surface area contributed by atoms with Crippen molar-refractivity contribution in [3.8, 4) is 10.6 Å². The lowest BCUT2D eigenvalue weighted by Gasteiger charge is -2.34. The molecule has 4 rings (SSSR count). The number of anilines is 1. The Balaban J connectivity index is 1.45. The van der Waals surface area contributed by atoms with Crippen LogP contribution in [0.15, 0.2) is 54.6 Å². The number of para-hydroxylation sites is 1. The second-order valence-corrected chi connectivity index (χ2v) is 8.47. The van der Waals surface area contributed by atoms with Gasteiger partial charge in [-0.3, -0.25) is 4.79 Å². The molecule has 0 saturated carbocycles. The number of aryl methyl sites for hydroxylation is 1. The van der Waals surface area contributed by atoms with Gasteiger partial charge in [-0.1, -0.05) is 41.9 Å². The Morgan fingerprint density at radius 1 is 1.18 bits per heavy atom. The highest BCUT2D eigenvalue weighted by Gasteiger charge is 2.24. The summed E-state index contributed by atoms with van der Waals surface area (Å²) in [4.78, 5) is 20.5. The second kappa shape index (κ2) is 8.33. The molecule has 6 heteroatoms. The Kier molecular flexibility index (Phi) is 5.64. The number of benzene rings is 2. The van der Waals surface area contributed by atoms with Crippen LogP contribution in [-0.2, 0) is 0 Å². The summed E-state index contributed by atoms with van der Waals surface area (Å²) in [6, 6.07) is 18.1. The molecule has 0 radical (unpaired) electrons. The van der Waals surface area contributed by atoms with Crippen LogP contribution in [0.25, 0.3) is 10.6 Å². The van der Waals surface area contributed by atoms with Crippen molar-refractivity contribution in [2.24, 2.45) is 0 Å². The van der Waals surface area contributed by atoms with Gasteiger partial charge in [0, 0.05) is 35.4 Å². The molecule has 144 valence electrons. The molecule has 1 N–H and O–H groups in total. The summed E-state index contributed by atoms with van der Waals surface area (Å²) in [5.41, 5.74) is 2.95. The van der Waals surface area contributed by atoms with E-state index in [2.05, 4.69) is 39.5 Å². The molecule has 1 atom stereocenters. The monoisotopic (exact) mass is 411 g/mol. The van der Waals surface area contributed by atoms with E-state index < -0.39 is 0 Å². The standard InChI is InChI=1S/C22H22ClN3OS/c1-15-20(28-22(24-15)16-9-11-17(23)12-10-16)21(27)25-18-6-5-13-26(14-18)19-7-3-2-4-8-19/h2-4,7-12,18H,5-6,13-14H2,1H3,(H,25,27)/t18-/m0/s1. The third-order valence-electron chi connectivity index (χ3n) is 4.97. The van der Waals surface area contributed by atoms with E-state index in [0.717, 1.165) is 42.2 Å². The zero-order valence-electron chi connectivity index (χ0n) is 15.7. The van der Waals surface area contributed by atoms with Crippen molar-refractivity contribution < 1.29 is 4.79 Å². The van der Waals surface area contributed by atoms with E-state index >= 15 is 0 Å². The predicted molar refractivity (Wildman–Crippen MR) is 116 cm³/mol. The molecule has 1 aromatic heterocycles. The zero-order chi connectivity index (χ0) is 19.5. The molecule has 2 aromatic carbocycles. The number of hydrogen-bond acceptors (Lipinski definition) is 4. The molecular formula is C22H22ClN3OS. The Bertz CT molecular complexity index is 956. The molecule has 0 spiro atoms. The molecule has 0 aliphatic carbocycles. The van der Waals surface area contributed by atoms with Crippen LogP contribution in [0.3, 0.4) is 0 Å². The van der Waals surface area contributed by atoms with Crippen LogP contribution in [0.5, 0.6) is 0 Å². The molecular weight excluding hydrogens is 390 g/mol. The Morgan fingerprint density at radius 3 is 2.68 bits per heavy atom. The number of carbonyl (C=O) groups is 1. The maximum absolute atomic E-state index is 12.9. The van der Waals surface area contributed by atoms with Gasteiger partial charge in [0.15, 0.2) is 0 Å². The summed E-state index contributed by atoms with van der Waals surface area (Å²) in [6.45, 7) is 3.75. The summed E-state index contributed by atoms with van der Waals surface area (Å²) in [6.07, 6.45) is 2.06. The molecule has 1 aliphatic heterocycles. The largest absolute Gasteiger partial charge is 0.369 e. The second-order valence-electron chi connectivity index (χ2n) is 7.03. The number of hydrogen-bond donors (Lipinski definition) is 1. The van der Waals surface area contributed by atoms with Crippen molar-refractivity contribution in [2.75, 3.05) is 18.0 Å². The van der Waals surface area contributed by atoms with Gasteiger partial charge >= 0.3 is 0 Å². The van der Waals surface area contributed by atoms with E-state index in [1.165, 1.54) is 17.0 Å². The molecule has 1 amide bonds. The van der Waals surface area contributed by atoms with Crippen LogP contribution >= 0.6 is 22.9 Å². The fourth-order valence-electron chi connectivity index (χ4n) is 3.54. The number of thiazole rings is 1. The summed E-state index contributed by atoms with van der Waals surface area (Å²) in [7, 11) is 0. The van der Waals surface area contributed by atoms with Crippen molar-refractivity contribution in [2.45, 2.75) is 25.8 Å². The number of rotatable bonds is 4. The number of carbonyl (C=O) groups excluding carboxylic acids is 1. The first kappa shape index (κ1) is 19.0. The van der Waals surface area contributed by atoms with Gasteiger partial charge in [0.05, 0.1) is 5.69 Å². The molecule has 0 bridgehead atoms. The van der Waals surface area contributed by atoms with Crippen LogP contribution in [-0.4, -0.2) is 30.0 Å². The third kappa shape index (κ3) is 4.21. The van der Waals surface area contributed by atoms with Crippen molar-refractivity contribution in [3.05, 3.63) is 70.2 Å². The van der Waals surface area contributed by atoms with E-state index in [-0.39, 0.29) is 11.9 Å². The van der Waals surface area contributed by atoms with Crippen LogP contribution in [0.2, 0.25) is 5.02 Å². The maximum Gasteiger partial charge on any atom is 0.263 e. The van der Waals surface area contributed by atoms with Crippen molar-refractivity contribution in [1.82, 2.24) is 10.3 Å². The Hall–Kier alpha value is -2.37. The predicted octanol–water partition coefficient (Wildman–Crippen LogP) is 5.17. The lowest BCUT2D eigenvalue weighted by molar-refractivity contribution is 0.0936. The van der Waals surface area contributed by atoms with E-state index in [4.69, 9.17) is 11.6 Å². The molecule has 2 heterocycles. The van der Waals surface area contributed by atoms with Crippen molar-refractivity contribution in [3.63, 3.8) is 0 Å². The molecule has 3 aromatic rings. The van der Waals surface area contributed by atoms with E-state index in [0.29, 0.717) is 9.90 Å². The molecule has 4 nitrogen and oxygen atoms in total. The molecule has 1 aliphatic rings. The van der Waals surface area contributed by atoms with Crippen LogP contribution in [0.1, 0.15) is 28.2 Å². The summed E-state index contributed by atoms with van der Waals surface area (Å²) >= 11 is 7.40. The highest BCUT2D eigenvalue weighted by Crippen LogP contribution is 2.29. The summed E-state index contributed by atoms with van der Waals surface area (Å²) in [5.74, 6) is -0.0323. The lowest BCUT2D eigenvalue weighted by atomic mass is 10.0. The number of nitrogens with one attached hydrogen (secondary N) is 1. The number of amides is 1. The fourth-order valence-corrected chi connectivity index (χ4v) is 4.64. The van der Waals surface area contributed by atoms with Crippen molar-refractivity contribution >= 4 is 34.5 Å². The average Bonchev–Trinajstić information content (AvgIpc) is 3.11. The van der Waals surface area contributed by atoms with Gasteiger partial charge in [-0.25, -0.2) is 4.98 Å². The van der Waals surface area contributed by atoms with Crippen molar-refractivity contribution in [1.29, 1.82) is 0 Å². The van der Waals surface area contributed by atoms with Gasteiger partial charge in [0.1, 0.15) is 9.88 Å². The van der Waals surface area contributed by atoms with Gasteiger partial charge in [0.2, 0.25) is 0 Å². The first-order chi connectivity index (χ1) is 13.6. The van der Waals surface area contributed by atoms with Crippen LogP contribution < -0.4 is 10.2 Å². The smallest absolute Gasteiger partial charge is 0.263 e. The fraction of sp³-hybridized carbons (Fsp3) is 0.273. The highest BCUT2D eigenvalue weighted by molar-refractivity contribution is 7.17. The number of aromatic nitrogens is 1. The molecule has 1 fully saturated rings. The highest BCUT2D eigenvalue weighted by atomic mass is 35.5. The van der Waals surface area contributed by atoms with Crippen LogP contribution in [0, 0.1) is 6.92 Å². The van der Waals surface area contributed by atoms with Gasteiger partial charge < -0.3 is 10.2 Å². The topological polar surface area (TPSA) is 45.2 Å². The van der Waals surface area contributed by atoms with Gasteiger partial charge in [0.25, 0.3) is 5.91 Å². The van der Waals surface area contributed by atoms with E-state index in [9.17, 15) is 4.79 Å². The minimum Gasteiger partial charge on any atom is -0.369 e. The van der Waals surface area contributed by atoms with E-state index in [1.54, 1.807) is 0 Å². The van der Waals surface area contributed by atoms with E-state index in [1.807, 2.05) is 37.3 Å². The SMILES string of the molecule is Cc1nc(-c2ccc(Cl)cc2)sc1C(=O)N[C@H]1CCCN(c2ccccc2)C1. The number of piperidine rings is 1. The molecule has 28 heavy (non-hydrogen) atoms. The first-order valence-corrected chi connectivity index (χ1v) is 10.6. The molecule has 1 saturated heterocycles. The van der Waals surface area contributed by atoms with Gasteiger partial charge in [-0.05, 0) is 44.0 Å². The summed E-state index contributed by atoms with van der Waals surface area (Å²) in [5, 5.41) is 4.75.